The molecule has 1 aromatic carbocycles. The molecule has 2 nitrogen and oxygen atoms in total. The number of rotatable bonds is 2. The summed E-state index contributed by atoms with van der Waals surface area (Å²) in [6.45, 7) is 4.63. The largest absolute Gasteiger partial charge is 0.369 e. The first-order chi connectivity index (χ1) is 8.24. The first kappa shape index (κ1) is 11.5. The van der Waals surface area contributed by atoms with Crippen LogP contribution < -0.4 is 4.90 Å². The van der Waals surface area contributed by atoms with Gasteiger partial charge in [0.05, 0.1) is 0 Å². The van der Waals surface area contributed by atoms with Crippen molar-refractivity contribution in [1.82, 2.24) is 4.90 Å². The van der Waals surface area contributed by atoms with Gasteiger partial charge >= 0.3 is 0 Å². The summed E-state index contributed by atoms with van der Waals surface area (Å²) in [5.74, 6) is 0.825. The molecule has 0 unspecified atom stereocenters. The molecule has 0 aromatic heterocycles. The lowest BCUT2D eigenvalue weighted by Gasteiger charge is -2.34. The van der Waals surface area contributed by atoms with Gasteiger partial charge in [-0.1, -0.05) is 22.0 Å². The molecule has 0 amide bonds. The Kier molecular flexibility index (Phi) is 3.14. The molecule has 1 aromatic rings. The number of halogens is 1. The number of nitrogens with zero attached hydrogens (tertiary/aromatic N) is 2. The Hall–Kier alpha value is -0.540. The number of hydrogen-bond donors (Lipinski definition) is 0. The first-order valence-corrected chi connectivity index (χ1v) is 7.26. The summed E-state index contributed by atoms with van der Waals surface area (Å²) in [5, 5.41) is 0. The second-order valence-electron chi connectivity index (χ2n) is 5.27. The molecule has 0 atom stereocenters. The Labute approximate surface area is 112 Å². The van der Waals surface area contributed by atoms with E-state index in [-0.39, 0.29) is 0 Å². The molecular weight excluding hydrogens is 276 g/mol. The van der Waals surface area contributed by atoms with E-state index in [1.54, 1.807) is 0 Å². The summed E-state index contributed by atoms with van der Waals surface area (Å²) in [6.07, 6.45) is 2.74. The summed E-state index contributed by atoms with van der Waals surface area (Å²) in [4.78, 5) is 4.88. The molecule has 0 bridgehead atoms. The van der Waals surface area contributed by atoms with Crippen molar-refractivity contribution in [3.05, 3.63) is 28.2 Å². The van der Waals surface area contributed by atoms with Crippen LogP contribution in [0.3, 0.4) is 0 Å². The van der Waals surface area contributed by atoms with Crippen LogP contribution in [-0.4, -0.2) is 38.1 Å². The summed E-state index contributed by atoms with van der Waals surface area (Å²) >= 11 is 3.73. The molecule has 1 saturated carbocycles. The van der Waals surface area contributed by atoms with Crippen molar-refractivity contribution in [1.29, 1.82) is 0 Å². The zero-order valence-electron chi connectivity index (χ0n) is 10.3. The minimum Gasteiger partial charge on any atom is -0.369 e. The fourth-order valence-corrected chi connectivity index (χ4v) is 3.19. The maximum atomic E-state index is 3.73. The van der Waals surface area contributed by atoms with E-state index in [0.717, 1.165) is 19.0 Å². The Balaban J connectivity index is 1.76. The number of likely N-dealkylation sites (N-methyl/N-ethyl adjacent to an activating group) is 1. The van der Waals surface area contributed by atoms with Crippen LogP contribution in [0.4, 0.5) is 5.69 Å². The Morgan fingerprint density at radius 2 is 1.82 bits per heavy atom. The maximum absolute atomic E-state index is 3.73. The Morgan fingerprint density at radius 1 is 1.12 bits per heavy atom. The predicted molar refractivity (Wildman–Crippen MR) is 75.8 cm³/mol. The van der Waals surface area contributed by atoms with Gasteiger partial charge in [-0.2, -0.15) is 0 Å². The van der Waals surface area contributed by atoms with Crippen molar-refractivity contribution in [2.75, 3.05) is 38.1 Å². The maximum Gasteiger partial charge on any atom is 0.0378 e. The molecule has 1 aliphatic carbocycles. The van der Waals surface area contributed by atoms with E-state index in [1.807, 2.05) is 0 Å². The lowest BCUT2D eigenvalue weighted by Crippen LogP contribution is -2.44. The molecule has 0 radical (unpaired) electrons. The summed E-state index contributed by atoms with van der Waals surface area (Å²) in [5.41, 5.74) is 2.87. The molecule has 2 fully saturated rings. The average molecular weight is 295 g/mol. The van der Waals surface area contributed by atoms with Gasteiger partial charge in [0, 0.05) is 36.3 Å². The van der Waals surface area contributed by atoms with Gasteiger partial charge in [0.25, 0.3) is 0 Å². The van der Waals surface area contributed by atoms with Gasteiger partial charge in [0.2, 0.25) is 0 Å². The highest BCUT2D eigenvalue weighted by Gasteiger charge is 2.26. The van der Waals surface area contributed by atoms with E-state index in [2.05, 4.69) is 51.0 Å². The molecule has 1 saturated heterocycles. The van der Waals surface area contributed by atoms with Gasteiger partial charge in [-0.25, -0.2) is 0 Å². The minimum atomic E-state index is 0.825. The quantitative estimate of drug-likeness (QED) is 0.827. The summed E-state index contributed by atoms with van der Waals surface area (Å²) in [6, 6.07) is 6.91. The van der Waals surface area contributed by atoms with Crippen LogP contribution in [-0.2, 0) is 0 Å². The van der Waals surface area contributed by atoms with Gasteiger partial charge in [-0.05, 0) is 43.5 Å². The zero-order valence-corrected chi connectivity index (χ0v) is 11.9. The van der Waals surface area contributed by atoms with Gasteiger partial charge in [0.1, 0.15) is 0 Å². The van der Waals surface area contributed by atoms with Crippen LogP contribution in [0.5, 0.6) is 0 Å². The van der Waals surface area contributed by atoms with Crippen LogP contribution >= 0.6 is 15.9 Å². The number of hydrogen-bond acceptors (Lipinski definition) is 2. The standard InChI is InChI=1S/C14H19BrN2/c1-16-6-8-17(9-7-16)12-4-5-13(11-2-3-11)14(15)10-12/h4-5,10-11H,2-3,6-9H2,1H3. The highest BCUT2D eigenvalue weighted by molar-refractivity contribution is 9.10. The van der Waals surface area contributed by atoms with Gasteiger partial charge in [0.15, 0.2) is 0 Å². The minimum absolute atomic E-state index is 0.825. The van der Waals surface area contributed by atoms with Crippen molar-refractivity contribution < 1.29 is 0 Å². The summed E-state index contributed by atoms with van der Waals surface area (Å²) < 4.78 is 1.30. The van der Waals surface area contributed by atoms with Crippen molar-refractivity contribution in [3.63, 3.8) is 0 Å². The van der Waals surface area contributed by atoms with E-state index in [0.29, 0.717) is 0 Å². The van der Waals surface area contributed by atoms with E-state index in [4.69, 9.17) is 0 Å². The van der Waals surface area contributed by atoms with Gasteiger partial charge in [-0.15, -0.1) is 0 Å². The fraction of sp³-hybridized carbons (Fsp3) is 0.571. The van der Waals surface area contributed by atoms with Gasteiger partial charge < -0.3 is 9.80 Å². The second-order valence-corrected chi connectivity index (χ2v) is 6.12. The third-order valence-corrected chi connectivity index (χ3v) is 4.56. The smallest absolute Gasteiger partial charge is 0.0378 e. The Morgan fingerprint density at radius 3 is 2.41 bits per heavy atom. The molecule has 0 spiro atoms. The monoisotopic (exact) mass is 294 g/mol. The SMILES string of the molecule is CN1CCN(c2ccc(C3CC3)c(Br)c2)CC1. The lowest BCUT2D eigenvalue weighted by atomic mass is 10.1. The normalized spacial score (nSPS) is 21.9. The Bertz CT molecular complexity index is 407. The molecular formula is C14H19BrN2. The molecule has 3 rings (SSSR count). The molecule has 92 valence electrons. The summed E-state index contributed by atoms with van der Waals surface area (Å²) in [7, 11) is 2.20. The van der Waals surface area contributed by atoms with Crippen LogP contribution in [0.1, 0.15) is 24.3 Å². The van der Waals surface area contributed by atoms with Gasteiger partial charge in [-0.3, -0.25) is 0 Å². The van der Waals surface area contributed by atoms with Crippen LogP contribution in [0.25, 0.3) is 0 Å². The van der Waals surface area contributed by atoms with Crippen molar-refractivity contribution in [2.24, 2.45) is 0 Å². The number of piperazine rings is 1. The first-order valence-electron chi connectivity index (χ1n) is 6.47. The van der Waals surface area contributed by atoms with Crippen LogP contribution in [0.15, 0.2) is 22.7 Å². The highest BCUT2D eigenvalue weighted by Crippen LogP contribution is 2.44. The molecule has 3 heteroatoms. The van der Waals surface area contributed by atoms with Crippen molar-refractivity contribution in [2.45, 2.75) is 18.8 Å². The zero-order chi connectivity index (χ0) is 11.8. The van der Waals surface area contributed by atoms with Crippen molar-refractivity contribution in [3.8, 4) is 0 Å². The van der Waals surface area contributed by atoms with E-state index in [9.17, 15) is 0 Å². The molecule has 0 N–H and O–H groups in total. The topological polar surface area (TPSA) is 6.48 Å². The van der Waals surface area contributed by atoms with E-state index < -0.39 is 0 Å². The van der Waals surface area contributed by atoms with Crippen LogP contribution in [0, 0.1) is 0 Å². The molecule has 2 aliphatic rings. The number of anilines is 1. The van der Waals surface area contributed by atoms with E-state index in [1.165, 1.54) is 41.7 Å². The van der Waals surface area contributed by atoms with Crippen molar-refractivity contribution >= 4 is 21.6 Å². The second kappa shape index (κ2) is 4.62. The average Bonchev–Trinajstić information content (AvgIpc) is 3.14. The van der Waals surface area contributed by atoms with Crippen LogP contribution in [0.2, 0.25) is 0 Å². The lowest BCUT2D eigenvalue weighted by molar-refractivity contribution is 0.313. The molecule has 1 aliphatic heterocycles. The fourth-order valence-electron chi connectivity index (χ4n) is 2.50. The highest BCUT2D eigenvalue weighted by atomic mass is 79.9. The number of benzene rings is 1. The third-order valence-electron chi connectivity index (χ3n) is 3.87. The molecule has 1 heterocycles. The predicted octanol–water partition coefficient (Wildman–Crippen LogP) is 3.08. The molecule has 17 heavy (non-hydrogen) atoms. The third kappa shape index (κ3) is 2.50. The van der Waals surface area contributed by atoms with E-state index >= 15 is 0 Å².